The molecule has 2 N–H and O–H groups in total. The van der Waals surface area contributed by atoms with Gasteiger partial charge in [0, 0.05) is 29.5 Å². The maximum Gasteiger partial charge on any atom is 0.143 e. The highest BCUT2D eigenvalue weighted by Crippen LogP contribution is 2.39. The minimum absolute atomic E-state index is 0.138. The number of halogens is 1. The molecule has 0 saturated heterocycles. The standard InChI is InChI=1S/C13H13FN2OS/c1-7-16-11(6-18-7)13-5-10(15)9-3-2-8(14)4-12(9)17-13/h2-4,6,10,13H,5,15H2,1H3/t10-,13?/m1/s1. The summed E-state index contributed by atoms with van der Waals surface area (Å²) in [6.07, 6.45) is 0.487. The Balaban J connectivity index is 1.95. The number of hydrogen-bond donors (Lipinski definition) is 1. The number of nitrogens with two attached hydrogens (primary N) is 1. The van der Waals surface area contributed by atoms with Crippen molar-refractivity contribution in [3.63, 3.8) is 0 Å². The van der Waals surface area contributed by atoms with Crippen LogP contribution in [0.3, 0.4) is 0 Å². The number of nitrogens with zero attached hydrogens (tertiary/aromatic N) is 1. The van der Waals surface area contributed by atoms with Crippen molar-refractivity contribution in [3.8, 4) is 5.75 Å². The van der Waals surface area contributed by atoms with Crippen molar-refractivity contribution in [1.82, 2.24) is 4.98 Å². The van der Waals surface area contributed by atoms with E-state index in [1.165, 1.54) is 12.1 Å². The summed E-state index contributed by atoms with van der Waals surface area (Å²) >= 11 is 1.58. The van der Waals surface area contributed by atoms with E-state index in [0.717, 1.165) is 16.3 Å². The van der Waals surface area contributed by atoms with E-state index in [4.69, 9.17) is 10.5 Å². The van der Waals surface area contributed by atoms with E-state index >= 15 is 0 Å². The molecule has 2 heterocycles. The number of rotatable bonds is 1. The van der Waals surface area contributed by atoms with Crippen LogP contribution in [0.25, 0.3) is 0 Å². The molecular weight excluding hydrogens is 251 g/mol. The second-order valence-corrected chi connectivity index (χ2v) is 5.48. The Hall–Kier alpha value is -1.46. The van der Waals surface area contributed by atoms with Crippen molar-refractivity contribution in [2.24, 2.45) is 5.73 Å². The van der Waals surface area contributed by atoms with Gasteiger partial charge in [0.2, 0.25) is 0 Å². The molecule has 0 bridgehead atoms. The lowest BCUT2D eigenvalue weighted by Gasteiger charge is -2.29. The van der Waals surface area contributed by atoms with Gasteiger partial charge in [0.05, 0.1) is 10.7 Å². The molecule has 3 nitrogen and oxygen atoms in total. The molecule has 2 aromatic rings. The van der Waals surface area contributed by atoms with Gasteiger partial charge in [-0.05, 0) is 13.0 Å². The van der Waals surface area contributed by atoms with Crippen LogP contribution >= 0.6 is 11.3 Å². The molecule has 0 fully saturated rings. The minimum Gasteiger partial charge on any atom is -0.484 e. The van der Waals surface area contributed by atoms with Gasteiger partial charge in [-0.25, -0.2) is 9.37 Å². The average Bonchev–Trinajstić information content (AvgIpc) is 2.75. The largest absolute Gasteiger partial charge is 0.484 e. The molecule has 1 aliphatic heterocycles. The summed E-state index contributed by atoms with van der Waals surface area (Å²) in [7, 11) is 0. The summed E-state index contributed by atoms with van der Waals surface area (Å²) in [5, 5.41) is 2.96. The van der Waals surface area contributed by atoms with Gasteiger partial charge in [0.25, 0.3) is 0 Å². The fourth-order valence-electron chi connectivity index (χ4n) is 2.18. The molecule has 1 unspecified atom stereocenters. The summed E-state index contributed by atoms with van der Waals surface area (Å²) < 4.78 is 19.0. The van der Waals surface area contributed by atoms with E-state index < -0.39 is 0 Å². The highest BCUT2D eigenvalue weighted by atomic mass is 32.1. The molecule has 0 saturated carbocycles. The molecule has 18 heavy (non-hydrogen) atoms. The number of thiazole rings is 1. The number of aryl methyl sites for hydroxylation is 1. The minimum atomic E-state index is -0.309. The van der Waals surface area contributed by atoms with Crippen molar-refractivity contribution in [1.29, 1.82) is 0 Å². The summed E-state index contributed by atoms with van der Waals surface area (Å²) in [6.45, 7) is 1.95. The Labute approximate surface area is 108 Å². The first kappa shape index (κ1) is 11.6. The number of ether oxygens (including phenoxy) is 1. The zero-order valence-corrected chi connectivity index (χ0v) is 10.7. The molecule has 1 aliphatic rings. The van der Waals surface area contributed by atoms with E-state index in [9.17, 15) is 4.39 Å². The van der Waals surface area contributed by atoms with Crippen molar-refractivity contribution in [2.45, 2.75) is 25.5 Å². The van der Waals surface area contributed by atoms with Gasteiger partial charge in [0.15, 0.2) is 0 Å². The monoisotopic (exact) mass is 264 g/mol. The highest BCUT2D eigenvalue weighted by Gasteiger charge is 2.28. The van der Waals surface area contributed by atoms with Crippen LogP contribution in [0.15, 0.2) is 23.6 Å². The van der Waals surface area contributed by atoms with Crippen LogP contribution in [0.4, 0.5) is 4.39 Å². The predicted molar refractivity (Wildman–Crippen MR) is 68.2 cm³/mol. The van der Waals surface area contributed by atoms with Crippen LogP contribution in [0.1, 0.15) is 34.8 Å². The first-order valence-corrected chi connectivity index (χ1v) is 6.65. The Kier molecular flexibility index (Phi) is 2.80. The van der Waals surface area contributed by atoms with Gasteiger partial charge in [0.1, 0.15) is 17.7 Å². The predicted octanol–water partition coefficient (Wildman–Crippen LogP) is 3.11. The smallest absolute Gasteiger partial charge is 0.143 e. The van der Waals surface area contributed by atoms with E-state index in [1.54, 1.807) is 17.4 Å². The van der Waals surface area contributed by atoms with Gasteiger partial charge in [-0.1, -0.05) is 6.07 Å². The molecule has 0 radical (unpaired) electrons. The van der Waals surface area contributed by atoms with Crippen LogP contribution in [-0.2, 0) is 0 Å². The fraction of sp³-hybridized carbons (Fsp3) is 0.308. The second-order valence-electron chi connectivity index (χ2n) is 4.42. The normalized spacial score (nSPS) is 22.4. The molecule has 0 aliphatic carbocycles. The molecule has 3 rings (SSSR count). The van der Waals surface area contributed by atoms with Crippen molar-refractivity contribution in [2.75, 3.05) is 0 Å². The van der Waals surface area contributed by atoms with Crippen LogP contribution in [0.2, 0.25) is 0 Å². The Bertz CT molecular complexity index is 584. The average molecular weight is 264 g/mol. The van der Waals surface area contributed by atoms with Crippen molar-refractivity contribution in [3.05, 3.63) is 45.7 Å². The Morgan fingerprint density at radius 1 is 1.50 bits per heavy atom. The Morgan fingerprint density at radius 3 is 3.06 bits per heavy atom. The number of fused-ring (bicyclic) bond motifs is 1. The number of hydrogen-bond acceptors (Lipinski definition) is 4. The zero-order valence-electron chi connectivity index (χ0n) is 9.89. The zero-order chi connectivity index (χ0) is 12.7. The molecule has 5 heteroatoms. The molecule has 1 aromatic heterocycles. The first-order chi connectivity index (χ1) is 8.63. The number of benzene rings is 1. The van der Waals surface area contributed by atoms with E-state index in [1.807, 2.05) is 12.3 Å². The Morgan fingerprint density at radius 2 is 2.33 bits per heavy atom. The van der Waals surface area contributed by atoms with E-state index in [0.29, 0.717) is 12.2 Å². The highest BCUT2D eigenvalue weighted by molar-refractivity contribution is 7.09. The maximum absolute atomic E-state index is 13.2. The van der Waals surface area contributed by atoms with Gasteiger partial charge in [-0.3, -0.25) is 0 Å². The van der Waals surface area contributed by atoms with E-state index in [2.05, 4.69) is 4.98 Å². The van der Waals surface area contributed by atoms with Gasteiger partial charge < -0.3 is 10.5 Å². The summed E-state index contributed by atoms with van der Waals surface area (Å²) in [5.41, 5.74) is 7.84. The molecule has 2 atom stereocenters. The lowest BCUT2D eigenvalue weighted by molar-refractivity contribution is 0.157. The third kappa shape index (κ3) is 2.00. The molecule has 1 aromatic carbocycles. The van der Waals surface area contributed by atoms with Crippen LogP contribution in [0, 0.1) is 12.7 Å². The fourth-order valence-corrected chi connectivity index (χ4v) is 2.84. The van der Waals surface area contributed by atoms with Crippen LogP contribution in [0.5, 0.6) is 5.75 Å². The molecule has 94 valence electrons. The van der Waals surface area contributed by atoms with Crippen LogP contribution in [-0.4, -0.2) is 4.98 Å². The van der Waals surface area contributed by atoms with Gasteiger partial charge in [-0.2, -0.15) is 0 Å². The lowest BCUT2D eigenvalue weighted by Crippen LogP contribution is -2.24. The molecule has 0 spiro atoms. The molecule has 0 amide bonds. The third-order valence-corrected chi connectivity index (χ3v) is 3.87. The third-order valence-electron chi connectivity index (χ3n) is 3.08. The summed E-state index contributed by atoms with van der Waals surface area (Å²) in [5.74, 6) is 0.223. The SMILES string of the molecule is Cc1nc(C2C[C@@H](N)c3ccc(F)cc3O2)cs1. The first-order valence-electron chi connectivity index (χ1n) is 5.77. The lowest BCUT2D eigenvalue weighted by atomic mass is 9.96. The van der Waals surface area contributed by atoms with Gasteiger partial charge >= 0.3 is 0 Å². The quantitative estimate of drug-likeness (QED) is 0.861. The van der Waals surface area contributed by atoms with Crippen molar-refractivity contribution >= 4 is 11.3 Å². The molecular formula is C13H13FN2OS. The topological polar surface area (TPSA) is 48.1 Å². The van der Waals surface area contributed by atoms with Gasteiger partial charge in [-0.15, -0.1) is 11.3 Å². The second kappa shape index (κ2) is 4.33. The summed E-state index contributed by atoms with van der Waals surface area (Å²) in [4.78, 5) is 4.41. The van der Waals surface area contributed by atoms with Crippen molar-refractivity contribution < 1.29 is 9.13 Å². The van der Waals surface area contributed by atoms with Crippen LogP contribution < -0.4 is 10.5 Å². The number of aromatic nitrogens is 1. The maximum atomic E-state index is 13.2. The summed E-state index contributed by atoms with van der Waals surface area (Å²) in [6, 6.07) is 4.36. The van der Waals surface area contributed by atoms with E-state index in [-0.39, 0.29) is 18.0 Å².